The van der Waals surface area contributed by atoms with E-state index in [2.05, 4.69) is 15.2 Å². The summed E-state index contributed by atoms with van der Waals surface area (Å²) in [4.78, 5) is 11.9. The van der Waals surface area contributed by atoms with E-state index in [9.17, 15) is 13.6 Å². The molecule has 0 saturated carbocycles. The number of aromatic nitrogens is 2. The highest BCUT2D eigenvalue weighted by molar-refractivity contribution is 5.76. The molecule has 0 aliphatic heterocycles. The van der Waals surface area contributed by atoms with Crippen molar-refractivity contribution in [3.8, 4) is 5.75 Å². The number of nitrogens with one attached hydrogen (secondary N) is 1. The predicted molar refractivity (Wildman–Crippen MR) is 90.7 cm³/mol. The summed E-state index contributed by atoms with van der Waals surface area (Å²) in [6.07, 6.45) is 1.72. The fourth-order valence-corrected chi connectivity index (χ4v) is 2.54. The third-order valence-electron chi connectivity index (χ3n) is 3.76. The van der Waals surface area contributed by atoms with Gasteiger partial charge in [-0.25, -0.2) is 0 Å². The molecule has 0 atom stereocenters. The van der Waals surface area contributed by atoms with Crippen molar-refractivity contribution >= 4 is 5.91 Å². The van der Waals surface area contributed by atoms with Crippen LogP contribution in [-0.4, -0.2) is 28.8 Å². The van der Waals surface area contributed by atoms with Crippen molar-refractivity contribution in [3.63, 3.8) is 0 Å². The number of rotatable bonds is 9. The smallest absolute Gasteiger partial charge is 0.387 e. The second-order valence-corrected chi connectivity index (χ2v) is 5.88. The molecule has 0 aliphatic carbocycles. The van der Waals surface area contributed by atoms with Gasteiger partial charge in [-0.1, -0.05) is 12.1 Å². The third kappa shape index (κ3) is 6.52. The number of aryl methyl sites for hydroxylation is 4. The van der Waals surface area contributed by atoms with Gasteiger partial charge in [0.05, 0.1) is 5.69 Å². The van der Waals surface area contributed by atoms with Crippen molar-refractivity contribution in [1.29, 1.82) is 0 Å². The van der Waals surface area contributed by atoms with E-state index >= 15 is 0 Å². The summed E-state index contributed by atoms with van der Waals surface area (Å²) in [7, 11) is 0. The van der Waals surface area contributed by atoms with Gasteiger partial charge in [0.1, 0.15) is 5.75 Å². The lowest BCUT2D eigenvalue weighted by Crippen LogP contribution is -2.25. The van der Waals surface area contributed by atoms with E-state index in [4.69, 9.17) is 0 Å². The van der Waals surface area contributed by atoms with Crippen molar-refractivity contribution in [2.75, 3.05) is 6.54 Å². The van der Waals surface area contributed by atoms with Crippen molar-refractivity contribution in [3.05, 3.63) is 47.3 Å². The van der Waals surface area contributed by atoms with Gasteiger partial charge in [-0.15, -0.1) is 0 Å². The summed E-state index contributed by atoms with van der Waals surface area (Å²) < 4.78 is 30.4. The molecule has 5 nitrogen and oxygen atoms in total. The normalized spacial score (nSPS) is 10.9. The van der Waals surface area contributed by atoms with Gasteiger partial charge >= 0.3 is 6.61 Å². The van der Waals surface area contributed by atoms with Gasteiger partial charge in [0, 0.05) is 25.2 Å². The zero-order valence-corrected chi connectivity index (χ0v) is 14.5. The van der Waals surface area contributed by atoms with E-state index in [1.165, 1.54) is 12.1 Å². The monoisotopic (exact) mass is 351 g/mol. The summed E-state index contributed by atoms with van der Waals surface area (Å²) >= 11 is 0. The fourth-order valence-electron chi connectivity index (χ4n) is 2.54. The Bertz CT molecular complexity index is 684. The van der Waals surface area contributed by atoms with Gasteiger partial charge in [-0.2, -0.15) is 13.9 Å². The predicted octanol–water partition coefficient (Wildman–Crippen LogP) is 3.24. The number of nitrogens with zero attached hydrogens (tertiary/aromatic N) is 2. The van der Waals surface area contributed by atoms with Gasteiger partial charge in [0.2, 0.25) is 5.91 Å². The molecule has 1 heterocycles. The molecule has 136 valence electrons. The van der Waals surface area contributed by atoms with Crippen LogP contribution in [-0.2, 0) is 17.8 Å². The standard InChI is InChI=1S/C18H23F2N3O2/c1-13-12-14(2)23(22-13)11-3-10-21-17(24)9-6-15-4-7-16(8-5-15)25-18(19)20/h4-5,7-8,12,18H,3,6,9-11H2,1-2H3,(H,21,24). The Morgan fingerprint density at radius 1 is 1.28 bits per heavy atom. The number of carbonyl (C=O) groups excluding carboxylic acids is 1. The Morgan fingerprint density at radius 2 is 2.00 bits per heavy atom. The lowest BCUT2D eigenvalue weighted by molar-refractivity contribution is -0.121. The minimum Gasteiger partial charge on any atom is -0.435 e. The second kappa shape index (κ2) is 9.15. The number of benzene rings is 1. The topological polar surface area (TPSA) is 56.2 Å². The largest absolute Gasteiger partial charge is 0.435 e. The molecular weight excluding hydrogens is 328 g/mol. The first-order chi connectivity index (χ1) is 11.9. The molecule has 0 radical (unpaired) electrons. The number of carbonyl (C=O) groups is 1. The molecule has 0 bridgehead atoms. The Morgan fingerprint density at radius 3 is 2.60 bits per heavy atom. The van der Waals surface area contributed by atoms with Crippen molar-refractivity contribution in [2.24, 2.45) is 0 Å². The first-order valence-electron chi connectivity index (χ1n) is 8.25. The molecule has 2 rings (SSSR count). The van der Waals surface area contributed by atoms with Crippen LogP contribution in [0.15, 0.2) is 30.3 Å². The number of hydrogen-bond donors (Lipinski definition) is 1. The Kier molecular flexibility index (Phi) is 6.91. The number of alkyl halides is 2. The molecule has 0 unspecified atom stereocenters. The molecule has 0 spiro atoms. The third-order valence-corrected chi connectivity index (χ3v) is 3.76. The molecule has 0 fully saturated rings. The van der Waals surface area contributed by atoms with Gasteiger partial charge in [0.15, 0.2) is 0 Å². The van der Waals surface area contributed by atoms with E-state index in [1.54, 1.807) is 12.1 Å². The first-order valence-corrected chi connectivity index (χ1v) is 8.25. The molecule has 1 amide bonds. The molecule has 1 aromatic carbocycles. The SMILES string of the molecule is Cc1cc(C)n(CCCNC(=O)CCc2ccc(OC(F)F)cc2)n1. The van der Waals surface area contributed by atoms with Crippen LogP contribution < -0.4 is 10.1 Å². The van der Waals surface area contributed by atoms with Crippen LogP contribution in [0.4, 0.5) is 8.78 Å². The van der Waals surface area contributed by atoms with Crippen molar-refractivity contribution < 1.29 is 18.3 Å². The van der Waals surface area contributed by atoms with Gasteiger partial charge in [-0.05, 0) is 50.5 Å². The molecular formula is C18H23F2N3O2. The molecule has 25 heavy (non-hydrogen) atoms. The molecule has 7 heteroatoms. The van der Waals surface area contributed by atoms with E-state index in [-0.39, 0.29) is 11.7 Å². The zero-order chi connectivity index (χ0) is 18.2. The van der Waals surface area contributed by atoms with Crippen LogP contribution in [0.3, 0.4) is 0 Å². The van der Waals surface area contributed by atoms with E-state index < -0.39 is 6.61 Å². The molecule has 1 N–H and O–H groups in total. The van der Waals surface area contributed by atoms with Crippen molar-refractivity contribution in [1.82, 2.24) is 15.1 Å². The highest BCUT2D eigenvalue weighted by atomic mass is 19.3. The van der Waals surface area contributed by atoms with Gasteiger partial charge < -0.3 is 10.1 Å². The maximum absolute atomic E-state index is 12.1. The average molecular weight is 351 g/mol. The van der Waals surface area contributed by atoms with Crippen LogP contribution in [0, 0.1) is 13.8 Å². The van der Waals surface area contributed by atoms with Crippen LogP contribution in [0.2, 0.25) is 0 Å². The highest BCUT2D eigenvalue weighted by Crippen LogP contribution is 2.15. The van der Waals surface area contributed by atoms with Crippen LogP contribution in [0.1, 0.15) is 29.8 Å². The number of hydrogen-bond acceptors (Lipinski definition) is 3. The zero-order valence-electron chi connectivity index (χ0n) is 14.5. The van der Waals surface area contributed by atoms with Gasteiger partial charge in [-0.3, -0.25) is 9.48 Å². The number of ether oxygens (including phenoxy) is 1. The minimum absolute atomic E-state index is 0.0266. The highest BCUT2D eigenvalue weighted by Gasteiger charge is 2.06. The van der Waals surface area contributed by atoms with Crippen LogP contribution >= 0.6 is 0 Å². The second-order valence-electron chi connectivity index (χ2n) is 5.88. The fraction of sp³-hybridized carbons (Fsp3) is 0.444. The Hall–Kier alpha value is -2.44. The molecule has 0 aliphatic rings. The minimum atomic E-state index is -2.83. The summed E-state index contributed by atoms with van der Waals surface area (Å²) in [5, 5.41) is 7.26. The number of amides is 1. The summed E-state index contributed by atoms with van der Waals surface area (Å²) in [5.41, 5.74) is 3.01. The van der Waals surface area contributed by atoms with Gasteiger partial charge in [0.25, 0.3) is 0 Å². The van der Waals surface area contributed by atoms with Crippen molar-refractivity contribution in [2.45, 2.75) is 46.3 Å². The quantitative estimate of drug-likeness (QED) is 0.706. The van der Waals surface area contributed by atoms with Crippen LogP contribution in [0.5, 0.6) is 5.75 Å². The lowest BCUT2D eigenvalue weighted by Gasteiger charge is -2.08. The van der Waals surface area contributed by atoms with E-state index in [0.29, 0.717) is 19.4 Å². The lowest BCUT2D eigenvalue weighted by atomic mass is 10.1. The van der Waals surface area contributed by atoms with E-state index in [1.807, 2.05) is 24.6 Å². The molecule has 0 saturated heterocycles. The summed E-state index contributed by atoms with van der Waals surface area (Å²) in [5.74, 6) is 0.0913. The first kappa shape index (κ1) is 18.9. The maximum atomic E-state index is 12.1. The molecule has 1 aromatic heterocycles. The summed E-state index contributed by atoms with van der Waals surface area (Å²) in [6.45, 7) is 2.50. The van der Waals surface area contributed by atoms with E-state index in [0.717, 1.165) is 29.9 Å². The summed E-state index contributed by atoms with van der Waals surface area (Å²) in [6, 6.07) is 8.36. The maximum Gasteiger partial charge on any atom is 0.387 e. The average Bonchev–Trinajstić information content (AvgIpc) is 2.88. The molecule has 2 aromatic rings. The Balaban J connectivity index is 1.64. The Labute approximate surface area is 146 Å². The number of halogens is 2. The van der Waals surface area contributed by atoms with Crippen LogP contribution in [0.25, 0.3) is 0 Å².